The first-order valence-electron chi connectivity index (χ1n) is 8.87. The second-order valence-electron chi connectivity index (χ2n) is 6.83. The molecule has 4 nitrogen and oxygen atoms in total. The Labute approximate surface area is 138 Å². The summed E-state index contributed by atoms with van der Waals surface area (Å²) in [5, 5.41) is 3.05. The number of nitrogens with one attached hydrogen (secondary N) is 1. The number of aryl methyl sites for hydroxylation is 1. The number of benzene rings is 1. The highest BCUT2D eigenvalue weighted by Gasteiger charge is 2.23. The fourth-order valence-electron chi connectivity index (χ4n) is 3.71. The van der Waals surface area contributed by atoms with Crippen molar-refractivity contribution in [2.45, 2.75) is 58.3 Å². The van der Waals surface area contributed by atoms with Crippen LogP contribution in [0.1, 0.15) is 56.9 Å². The molecule has 2 fully saturated rings. The first kappa shape index (κ1) is 16.0. The molecule has 23 heavy (non-hydrogen) atoms. The first-order chi connectivity index (χ1) is 11.1. The lowest BCUT2D eigenvalue weighted by molar-refractivity contribution is -0.121. The number of hydrogen-bond acceptors (Lipinski definition) is 2. The lowest BCUT2D eigenvalue weighted by atomic mass is 9.88. The molecule has 0 aromatic heterocycles. The van der Waals surface area contributed by atoms with Crippen LogP contribution < -0.4 is 10.2 Å². The Morgan fingerprint density at radius 2 is 1.91 bits per heavy atom. The molecule has 2 aliphatic rings. The van der Waals surface area contributed by atoms with Gasteiger partial charge in [-0.05, 0) is 56.4 Å². The van der Waals surface area contributed by atoms with Gasteiger partial charge in [0.1, 0.15) is 0 Å². The predicted octanol–water partition coefficient (Wildman–Crippen LogP) is 4.03. The van der Waals surface area contributed by atoms with Crippen LogP contribution >= 0.6 is 0 Å². The molecule has 0 atom stereocenters. The summed E-state index contributed by atoms with van der Waals surface area (Å²) < 4.78 is 0. The topological polar surface area (TPSA) is 49.4 Å². The average Bonchev–Trinajstić information content (AvgIpc) is 2.57. The Morgan fingerprint density at radius 1 is 1.13 bits per heavy atom. The number of amides is 2. The summed E-state index contributed by atoms with van der Waals surface area (Å²) in [5.74, 6) is 0.511. The maximum absolute atomic E-state index is 12.3. The number of hydrogen-bond donors (Lipinski definition) is 1. The lowest BCUT2D eigenvalue weighted by Crippen LogP contribution is -2.35. The Kier molecular flexibility index (Phi) is 4.99. The van der Waals surface area contributed by atoms with E-state index in [1.54, 1.807) is 0 Å². The molecule has 1 aromatic rings. The molecular formula is C19H26N2O2. The standard InChI is InChI=1S/C19H26N2O2/c1-14-13-16(20-19(23)15-7-3-2-4-8-15)10-11-17(14)21-12-6-5-9-18(21)22/h10-11,13,15H,2-9,12H2,1H3,(H,20,23). The van der Waals surface area contributed by atoms with E-state index in [0.29, 0.717) is 6.42 Å². The fraction of sp³-hybridized carbons (Fsp3) is 0.579. The summed E-state index contributed by atoms with van der Waals surface area (Å²) in [7, 11) is 0. The van der Waals surface area contributed by atoms with Crippen LogP contribution in [0.5, 0.6) is 0 Å². The fourth-order valence-corrected chi connectivity index (χ4v) is 3.71. The van der Waals surface area contributed by atoms with Crippen LogP contribution in [-0.2, 0) is 9.59 Å². The van der Waals surface area contributed by atoms with Crippen molar-refractivity contribution >= 4 is 23.2 Å². The van der Waals surface area contributed by atoms with Crippen LogP contribution in [0.15, 0.2) is 18.2 Å². The van der Waals surface area contributed by atoms with E-state index in [4.69, 9.17) is 0 Å². The summed E-state index contributed by atoms with van der Waals surface area (Å²) in [6, 6.07) is 5.87. The maximum Gasteiger partial charge on any atom is 0.227 e. The molecule has 2 amide bonds. The van der Waals surface area contributed by atoms with Crippen LogP contribution in [0, 0.1) is 12.8 Å². The Morgan fingerprint density at radius 3 is 2.61 bits per heavy atom. The number of carbonyl (C=O) groups excluding carboxylic acids is 2. The molecular weight excluding hydrogens is 288 g/mol. The largest absolute Gasteiger partial charge is 0.326 e. The molecule has 0 bridgehead atoms. The van der Waals surface area contributed by atoms with Gasteiger partial charge in [0.25, 0.3) is 0 Å². The van der Waals surface area contributed by atoms with Crippen molar-refractivity contribution in [1.82, 2.24) is 0 Å². The number of rotatable bonds is 3. The minimum atomic E-state index is 0.144. The zero-order chi connectivity index (χ0) is 16.2. The molecule has 1 saturated heterocycles. The van der Waals surface area contributed by atoms with Gasteiger partial charge in [0, 0.05) is 30.3 Å². The highest BCUT2D eigenvalue weighted by molar-refractivity contribution is 5.96. The number of nitrogens with zero attached hydrogens (tertiary/aromatic N) is 1. The van der Waals surface area contributed by atoms with E-state index in [-0.39, 0.29) is 17.7 Å². The third kappa shape index (κ3) is 3.74. The van der Waals surface area contributed by atoms with E-state index < -0.39 is 0 Å². The smallest absolute Gasteiger partial charge is 0.227 e. The van der Waals surface area contributed by atoms with E-state index in [2.05, 4.69) is 5.32 Å². The molecule has 0 radical (unpaired) electrons. The SMILES string of the molecule is Cc1cc(NC(=O)C2CCCCC2)ccc1N1CCCCC1=O. The van der Waals surface area contributed by atoms with Crippen LogP contribution in [0.4, 0.5) is 11.4 Å². The maximum atomic E-state index is 12.3. The first-order valence-corrected chi connectivity index (χ1v) is 8.87. The third-order valence-corrected chi connectivity index (χ3v) is 5.05. The molecule has 4 heteroatoms. The predicted molar refractivity (Wildman–Crippen MR) is 92.6 cm³/mol. The molecule has 1 aromatic carbocycles. The molecule has 124 valence electrons. The van der Waals surface area contributed by atoms with Crippen molar-refractivity contribution in [3.05, 3.63) is 23.8 Å². The summed E-state index contributed by atoms with van der Waals surface area (Å²) in [5.41, 5.74) is 2.86. The van der Waals surface area contributed by atoms with Crippen molar-refractivity contribution in [2.24, 2.45) is 5.92 Å². The molecule has 3 rings (SSSR count). The summed E-state index contributed by atoms with van der Waals surface area (Å²) in [4.78, 5) is 26.3. The van der Waals surface area contributed by atoms with Gasteiger partial charge in [-0.2, -0.15) is 0 Å². The van der Waals surface area contributed by atoms with Crippen molar-refractivity contribution in [3.63, 3.8) is 0 Å². The Bertz CT molecular complexity index is 591. The van der Waals surface area contributed by atoms with Gasteiger partial charge in [-0.15, -0.1) is 0 Å². The van der Waals surface area contributed by atoms with E-state index in [0.717, 1.165) is 62.0 Å². The van der Waals surface area contributed by atoms with Crippen molar-refractivity contribution < 1.29 is 9.59 Å². The number of anilines is 2. The second kappa shape index (κ2) is 7.16. The average molecular weight is 314 g/mol. The molecule has 0 unspecified atom stereocenters. The van der Waals surface area contributed by atoms with E-state index in [1.807, 2.05) is 30.0 Å². The second-order valence-corrected chi connectivity index (χ2v) is 6.83. The highest BCUT2D eigenvalue weighted by Crippen LogP contribution is 2.28. The van der Waals surface area contributed by atoms with Gasteiger partial charge < -0.3 is 10.2 Å². The van der Waals surface area contributed by atoms with Gasteiger partial charge in [0.05, 0.1) is 0 Å². The van der Waals surface area contributed by atoms with Crippen LogP contribution in [0.3, 0.4) is 0 Å². The minimum absolute atomic E-state index is 0.144. The van der Waals surface area contributed by atoms with Crippen molar-refractivity contribution in [2.75, 3.05) is 16.8 Å². The van der Waals surface area contributed by atoms with E-state index in [1.165, 1.54) is 6.42 Å². The third-order valence-electron chi connectivity index (χ3n) is 5.05. The molecule has 1 heterocycles. The molecule has 1 N–H and O–H groups in total. The quantitative estimate of drug-likeness (QED) is 0.915. The van der Waals surface area contributed by atoms with Crippen LogP contribution in [0.25, 0.3) is 0 Å². The van der Waals surface area contributed by atoms with Gasteiger partial charge in [-0.3, -0.25) is 9.59 Å². The van der Waals surface area contributed by atoms with Crippen LogP contribution in [0.2, 0.25) is 0 Å². The monoisotopic (exact) mass is 314 g/mol. The summed E-state index contributed by atoms with van der Waals surface area (Å²) in [6.45, 7) is 2.81. The Hall–Kier alpha value is -1.84. The van der Waals surface area contributed by atoms with E-state index >= 15 is 0 Å². The lowest BCUT2D eigenvalue weighted by Gasteiger charge is -2.28. The van der Waals surface area contributed by atoms with E-state index in [9.17, 15) is 9.59 Å². The van der Waals surface area contributed by atoms with Gasteiger partial charge in [-0.25, -0.2) is 0 Å². The normalized spacial score (nSPS) is 19.7. The van der Waals surface area contributed by atoms with Crippen LogP contribution in [-0.4, -0.2) is 18.4 Å². The molecule has 1 saturated carbocycles. The van der Waals surface area contributed by atoms with Crippen molar-refractivity contribution in [3.8, 4) is 0 Å². The van der Waals surface area contributed by atoms with Gasteiger partial charge in [-0.1, -0.05) is 19.3 Å². The summed E-state index contributed by atoms with van der Waals surface area (Å²) in [6.07, 6.45) is 8.27. The van der Waals surface area contributed by atoms with Gasteiger partial charge in [0.15, 0.2) is 0 Å². The number of piperidine rings is 1. The number of carbonyl (C=O) groups is 2. The molecule has 1 aliphatic heterocycles. The highest BCUT2D eigenvalue weighted by atomic mass is 16.2. The molecule has 0 spiro atoms. The minimum Gasteiger partial charge on any atom is -0.326 e. The van der Waals surface area contributed by atoms with Gasteiger partial charge >= 0.3 is 0 Å². The zero-order valence-electron chi connectivity index (χ0n) is 13.9. The molecule has 1 aliphatic carbocycles. The van der Waals surface area contributed by atoms with Crippen molar-refractivity contribution in [1.29, 1.82) is 0 Å². The van der Waals surface area contributed by atoms with Gasteiger partial charge in [0.2, 0.25) is 11.8 Å². The Balaban J connectivity index is 1.69. The zero-order valence-corrected chi connectivity index (χ0v) is 13.9. The summed E-state index contributed by atoms with van der Waals surface area (Å²) >= 11 is 0.